The number of hydrogen-bond acceptors (Lipinski definition) is 5. The molecule has 0 bridgehead atoms. The van der Waals surface area contributed by atoms with E-state index >= 15 is 0 Å². The van der Waals surface area contributed by atoms with E-state index in [4.69, 9.17) is 21.1 Å². The maximum Gasteiger partial charge on any atom is 0.292 e. The first-order valence-corrected chi connectivity index (χ1v) is 11.3. The molecule has 3 heterocycles. The second kappa shape index (κ2) is 9.27. The van der Waals surface area contributed by atoms with E-state index in [1.165, 1.54) is 10.9 Å². The van der Waals surface area contributed by atoms with Crippen molar-refractivity contribution < 1.29 is 13.9 Å². The fraction of sp³-hybridized carbons (Fsp3) is 0.565. The van der Waals surface area contributed by atoms with Crippen molar-refractivity contribution in [3.63, 3.8) is 0 Å². The summed E-state index contributed by atoms with van der Waals surface area (Å²) >= 11 is 6.28. The fourth-order valence-electron chi connectivity index (χ4n) is 4.18. The molecular formula is C23H29ClFN3O3. The predicted octanol–water partition coefficient (Wildman–Crippen LogP) is 4.69. The van der Waals surface area contributed by atoms with Gasteiger partial charge in [0.25, 0.3) is 5.56 Å². The highest BCUT2D eigenvalue weighted by molar-refractivity contribution is 6.32. The van der Waals surface area contributed by atoms with Crippen LogP contribution >= 0.6 is 11.6 Å². The zero-order valence-corrected chi connectivity index (χ0v) is 18.7. The van der Waals surface area contributed by atoms with Crippen molar-refractivity contribution in [3.8, 4) is 5.69 Å². The molecule has 8 heteroatoms. The molecule has 2 aliphatic rings. The number of anilines is 1. The molecule has 168 valence electrons. The maximum absolute atomic E-state index is 14.7. The Labute approximate surface area is 186 Å². The number of benzene rings is 1. The van der Waals surface area contributed by atoms with Crippen molar-refractivity contribution in [2.45, 2.75) is 57.4 Å². The summed E-state index contributed by atoms with van der Waals surface area (Å²) < 4.78 is 27.3. The summed E-state index contributed by atoms with van der Waals surface area (Å²) in [6.07, 6.45) is 4.96. The predicted molar refractivity (Wildman–Crippen MR) is 119 cm³/mol. The van der Waals surface area contributed by atoms with Crippen LogP contribution in [0, 0.1) is 5.92 Å². The van der Waals surface area contributed by atoms with Crippen LogP contribution in [0.25, 0.3) is 5.69 Å². The van der Waals surface area contributed by atoms with Crippen molar-refractivity contribution in [3.05, 3.63) is 51.4 Å². The molecule has 6 nitrogen and oxygen atoms in total. The number of alkyl halides is 1. The Morgan fingerprint density at radius 3 is 2.74 bits per heavy atom. The van der Waals surface area contributed by atoms with E-state index in [1.54, 1.807) is 0 Å². The Morgan fingerprint density at radius 2 is 2.10 bits per heavy atom. The van der Waals surface area contributed by atoms with Gasteiger partial charge in [-0.2, -0.15) is 9.78 Å². The van der Waals surface area contributed by atoms with E-state index in [1.807, 2.05) is 24.3 Å². The van der Waals surface area contributed by atoms with Gasteiger partial charge < -0.3 is 14.8 Å². The lowest BCUT2D eigenvalue weighted by molar-refractivity contribution is -0.0234. The normalized spacial score (nSPS) is 26.4. The molecule has 0 spiro atoms. The summed E-state index contributed by atoms with van der Waals surface area (Å²) in [5.41, 5.74) is 0.101. The maximum atomic E-state index is 14.7. The van der Waals surface area contributed by atoms with Gasteiger partial charge in [0.2, 0.25) is 0 Å². The largest absolute Gasteiger partial charge is 0.379 e. The number of aromatic nitrogens is 2. The Balaban J connectivity index is 1.46. The van der Waals surface area contributed by atoms with Crippen molar-refractivity contribution >= 4 is 17.3 Å². The van der Waals surface area contributed by atoms with Crippen LogP contribution in [0.2, 0.25) is 5.02 Å². The number of hydrogen-bond donors (Lipinski definition) is 1. The van der Waals surface area contributed by atoms with E-state index in [-0.39, 0.29) is 30.4 Å². The Morgan fingerprint density at radius 1 is 1.32 bits per heavy atom. The number of nitrogens with one attached hydrogen (secondary N) is 1. The first kappa shape index (κ1) is 22.2. The lowest BCUT2D eigenvalue weighted by Gasteiger charge is -2.29. The van der Waals surface area contributed by atoms with Crippen LogP contribution in [-0.4, -0.2) is 41.3 Å². The van der Waals surface area contributed by atoms with Crippen molar-refractivity contribution in [1.82, 2.24) is 9.78 Å². The van der Waals surface area contributed by atoms with Crippen LogP contribution < -0.4 is 10.9 Å². The zero-order valence-electron chi connectivity index (χ0n) is 17.9. The van der Waals surface area contributed by atoms with Gasteiger partial charge in [0, 0.05) is 6.61 Å². The van der Waals surface area contributed by atoms with Gasteiger partial charge in [-0.1, -0.05) is 37.6 Å². The Hall–Kier alpha value is -1.96. The molecule has 4 rings (SSSR count). The van der Waals surface area contributed by atoms with Gasteiger partial charge in [0.05, 0.1) is 42.9 Å². The average molecular weight is 450 g/mol. The number of ether oxygens (including phenoxy) is 2. The first-order chi connectivity index (χ1) is 14.9. The Bertz CT molecular complexity index is 958. The van der Waals surface area contributed by atoms with Crippen LogP contribution in [-0.2, 0) is 9.47 Å². The molecular weight excluding hydrogens is 421 g/mol. The summed E-state index contributed by atoms with van der Waals surface area (Å²) in [7, 11) is 0. The minimum Gasteiger partial charge on any atom is -0.379 e. The third-order valence-electron chi connectivity index (χ3n) is 6.09. The second-order valence-corrected chi connectivity index (χ2v) is 9.20. The van der Waals surface area contributed by atoms with Crippen molar-refractivity contribution in [2.75, 3.05) is 25.1 Å². The molecule has 2 fully saturated rings. The lowest BCUT2D eigenvalue weighted by atomic mass is 9.99. The fourth-order valence-corrected chi connectivity index (χ4v) is 4.38. The Kier molecular flexibility index (Phi) is 6.65. The summed E-state index contributed by atoms with van der Waals surface area (Å²) in [6, 6.07) is 7.62. The molecule has 0 amide bonds. The third-order valence-corrected chi connectivity index (χ3v) is 6.46. The molecule has 1 N–H and O–H groups in total. The van der Waals surface area contributed by atoms with E-state index in [0.29, 0.717) is 36.7 Å². The third kappa shape index (κ3) is 4.94. The summed E-state index contributed by atoms with van der Waals surface area (Å²) in [5, 5.41) is 7.14. The second-order valence-electron chi connectivity index (χ2n) is 8.83. The molecule has 0 saturated carbocycles. The van der Waals surface area contributed by atoms with Crippen LogP contribution in [0.5, 0.6) is 0 Å². The van der Waals surface area contributed by atoms with Crippen LogP contribution in [0.1, 0.15) is 51.2 Å². The van der Waals surface area contributed by atoms with E-state index in [9.17, 15) is 9.18 Å². The average Bonchev–Trinajstić information content (AvgIpc) is 3.26. The summed E-state index contributed by atoms with van der Waals surface area (Å²) in [6.45, 7) is 4.98. The SMILES string of the molecule is CC(C)[C@H]1CC[C@H](c2ccc(-n3ncc(NC[C@@]4(F)CCCOC4)c(Cl)c3=O)cc2)O1. The van der Waals surface area contributed by atoms with Gasteiger partial charge in [-0.05, 0) is 49.3 Å². The van der Waals surface area contributed by atoms with Crippen molar-refractivity contribution in [1.29, 1.82) is 0 Å². The topological polar surface area (TPSA) is 65.4 Å². The molecule has 2 aliphatic heterocycles. The van der Waals surface area contributed by atoms with E-state index < -0.39 is 11.2 Å². The molecule has 1 aromatic heterocycles. The van der Waals surface area contributed by atoms with Gasteiger partial charge in [-0.15, -0.1) is 0 Å². The molecule has 2 aromatic rings. The van der Waals surface area contributed by atoms with Crippen LogP contribution in [0.3, 0.4) is 0 Å². The smallest absolute Gasteiger partial charge is 0.292 e. The quantitative estimate of drug-likeness (QED) is 0.692. The van der Waals surface area contributed by atoms with Gasteiger partial charge >= 0.3 is 0 Å². The molecule has 1 aromatic carbocycles. The van der Waals surface area contributed by atoms with Gasteiger partial charge in [0.15, 0.2) is 5.67 Å². The number of nitrogens with zero attached hydrogens (tertiary/aromatic N) is 2. The van der Waals surface area contributed by atoms with Crippen molar-refractivity contribution in [2.24, 2.45) is 5.92 Å². The minimum absolute atomic E-state index is 0.0155. The van der Waals surface area contributed by atoms with Gasteiger partial charge in [-0.3, -0.25) is 4.79 Å². The van der Waals surface area contributed by atoms with E-state index in [0.717, 1.165) is 18.4 Å². The lowest BCUT2D eigenvalue weighted by Crippen LogP contribution is -2.40. The van der Waals surface area contributed by atoms with E-state index in [2.05, 4.69) is 24.3 Å². The van der Waals surface area contributed by atoms with Crippen LogP contribution in [0.15, 0.2) is 35.3 Å². The highest BCUT2D eigenvalue weighted by Crippen LogP contribution is 2.35. The molecule has 0 radical (unpaired) electrons. The minimum atomic E-state index is -1.47. The molecule has 0 unspecified atom stereocenters. The molecule has 0 aliphatic carbocycles. The monoisotopic (exact) mass is 449 g/mol. The standard InChI is InChI=1S/C23H29ClFN3O3/c1-15(2)19-8-9-20(31-19)16-4-6-17(7-5-16)28-22(29)21(24)18(12-27-28)26-13-23(25)10-3-11-30-14-23/h4-7,12,15,19-20,26H,3,8-11,13-14H2,1-2H3/t19-,20-,23+/m1/s1. The van der Waals surface area contributed by atoms with Gasteiger partial charge in [0.1, 0.15) is 5.02 Å². The summed E-state index contributed by atoms with van der Waals surface area (Å²) in [4.78, 5) is 12.8. The first-order valence-electron chi connectivity index (χ1n) is 10.9. The summed E-state index contributed by atoms with van der Waals surface area (Å²) in [5.74, 6) is 0.499. The zero-order chi connectivity index (χ0) is 22.0. The van der Waals surface area contributed by atoms with Crippen LogP contribution in [0.4, 0.5) is 10.1 Å². The molecule has 31 heavy (non-hydrogen) atoms. The highest BCUT2D eigenvalue weighted by atomic mass is 35.5. The van der Waals surface area contributed by atoms with Gasteiger partial charge in [-0.25, -0.2) is 4.39 Å². The molecule has 3 atom stereocenters. The number of rotatable bonds is 6. The highest BCUT2D eigenvalue weighted by Gasteiger charge is 2.33. The molecule has 2 saturated heterocycles. The number of halogens is 2.